The second-order valence-corrected chi connectivity index (χ2v) is 5.00. The minimum atomic E-state index is -1.29. The zero-order valence-corrected chi connectivity index (χ0v) is 5.91. The van der Waals surface area contributed by atoms with Crippen molar-refractivity contribution in [3.05, 3.63) is 0 Å². The number of nitrogens with two attached hydrogens (primary N) is 1. The smallest absolute Gasteiger partial charge is 0.164 e. The standard InChI is InChI=1S/C4H12BNP/c1-4-5-7(2,3)6/h2,4,6H2,1,3H3. The minimum absolute atomic E-state index is 1.05. The van der Waals surface area contributed by atoms with Crippen molar-refractivity contribution < 1.29 is 0 Å². The summed E-state index contributed by atoms with van der Waals surface area (Å²) in [5.74, 6) is 0. The third kappa shape index (κ3) is 6.32. The van der Waals surface area contributed by atoms with Crippen LogP contribution in [0.3, 0.4) is 0 Å². The predicted octanol–water partition coefficient (Wildman–Crippen LogP) is 0.997. The molecule has 1 nitrogen and oxygen atoms in total. The third-order valence-corrected chi connectivity index (χ3v) is 1.80. The summed E-state index contributed by atoms with van der Waals surface area (Å²) in [5.41, 5.74) is 5.59. The van der Waals surface area contributed by atoms with E-state index in [4.69, 9.17) is 5.50 Å². The van der Waals surface area contributed by atoms with Gasteiger partial charge in [-0.25, -0.2) is 0 Å². The highest BCUT2D eigenvalue weighted by molar-refractivity contribution is 7.96. The third-order valence-electron chi connectivity index (χ3n) is 0.600. The fourth-order valence-corrected chi connectivity index (χ4v) is 1.25. The molecule has 0 heterocycles. The molecule has 0 saturated heterocycles. The van der Waals surface area contributed by atoms with Crippen LogP contribution in [0, 0.1) is 0 Å². The fraction of sp³-hybridized carbons (Fsp3) is 0.750. The average molecular weight is 116 g/mol. The molecule has 0 aromatic carbocycles. The lowest BCUT2D eigenvalue weighted by Gasteiger charge is -2.06. The summed E-state index contributed by atoms with van der Waals surface area (Å²) >= 11 is 0. The molecular weight excluding hydrogens is 104 g/mol. The van der Waals surface area contributed by atoms with Gasteiger partial charge in [-0.1, -0.05) is 26.5 Å². The van der Waals surface area contributed by atoms with E-state index in [9.17, 15) is 0 Å². The van der Waals surface area contributed by atoms with Gasteiger partial charge in [-0.05, 0) is 6.66 Å². The molecule has 3 heteroatoms. The molecule has 0 amide bonds. The van der Waals surface area contributed by atoms with Crippen LogP contribution in [-0.4, -0.2) is 20.0 Å². The van der Waals surface area contributed by atoms with Crippen molar-refractivity contribution in [2.75, 3.05) is 6.66 Å². The fourth-order valence-electron chi connectivity index (χ4n) is 0.417. The Hall–Kier alpha value is 0.325. The maximum Gasteiger partial charge on any atom is 0.164 e. The highest BCUT2D eigenvalue weighted by atomic mass is 31.2. The molecule has 0 aromatic heterocycles. The van der Waals surface area contributed by atoms with E-state index in [0.717, 1.165) is 6.32 Å². The monoisotopic (exact) mass is 116 g/mol. The maximum atomic E-state index is 5.59. The van der Waals surface area contributed by atoms with E-state index >= 15 is 0 Å². The highest BCUT2D eigenvalue weighted by Gasteiger charge is 1.96. The summed E-state index contributed by atoms with van der Waals surface area (Å²) in [5, 5.41) is 0. The van der Waals surface area contributed by atoms with E-state index in [-0.39, 0.29) is 0 Å². The molecule has 1 unspecified atom stereocenters. The van der Waals surface area contributed by atoms with Crippen LogP contribution in [0.1, 0.15) is 6.92 Å². The molecule has 7 heavy (non-hydrogen) atoms. The van der Waals surface area contributed by atoms with Crippen LogP contribution in [0.25, 0.3) is 0 Å². The lowest BCUT2D eigenvalue weighted by Crippen LogP contribution is -1.99. The Balaban J connectivity index is 3.36. The van der Waals surface area contributed by atoms with Crippen LogP contribution < -0.4 is 5.50 Å². The molecule has 0 fully saturated rings. The van der Waals surface area contributed by atoms with Gasteiger partial charge >= 0.3 is 0 Å². The first-order chi connectivity index (χ1) is 3.06. The first-order valence-corrected chi connectivity index (χ1v) is 4.95. The summed E-state index contributed by atoms with van der Waals surface area (Å²) in [4.78, 5) is 0. The van der Waals surface area contributed by atoms with Crippen LogP contribution in [-0.2, 0) is 0 Å². The molecule has 1 radical (unpaired) electrons. The predicted molar refractivity (Wildman–Crippen MR) is 40.4 cm³/mol. The minimum Gasteiger partial charge on any atom is -0.318 e. The van der Waals surface area contributed by atoms with E-state index in [1.165, 1.54) is 0 Å². The number of hydrogen-bond acceptors (Lipinski definition) is 1. The van der Waals surface area contributed by atoms with Crippen molar-refractivity contribution in [1.82, 2.24) is 0 Å². The van der Waals surface area contributed by atoms with Crippen molar-refractivity contribution in [3.63, 3.8) is 0 Å². The van der Waals surface area contributed by atoms with Gasteiger partial charge in [0.15, 0.2) is 7.00 Å². The topological polar surface area (TPSA) is 26.0 Å². The largest absolute Gasteiger partial charge is 0.318 e. The molecule has 0 rings (SSSR count). The van der Waals surface area contributed by atoms with Gasteiger partial charge in [0.25, 0.3) is 0 Å². The molecule has 0 spiro atoms. The van der Waals surface area contributed by atoms with E-state index in [1.807, 2.05) is 6.66 Å². The molecule has 0 aromatic rings. The Labute approximate surface area is 46.5 Å². The second kappa shape index (κ2) is 2.59. The summed E-state index contributed by atoms with van der Waals surface area (Å²) < 4.78 is 0. The first kappa shape index (κ1) is 7.32. The first-order valence-electron chi connectivity index (χ1n) is 2.40. The van der Waals surface area contributed by atoms with Crippen LogP contribution in [0.4, 0.5) is 0 Å². The van der Waals surface area contributed by atoms with Crippen molar-refractivity contribution in [3.8, 4) is 0 Å². The summed E-state index contributed by atoms with van der Waals surface area (Å²) in [6.07, 6.45) is 4.84. The zero-order chi connectivity index (χ0) is 5.91. The molecule has 0 bridgehead atoms. The SMILES string of the molecule is C=P(C)(N)[B]CC. The van der Waals surface area contributed by atoms with Gasteiger partial charge in [-0.2, -0.15) is 0 Å². The quantitative estimate of drug-likeness (QED) is 0.422. The lowest BCUT2D eigenvalue weighted by atomic mass is 10.1. The van der Waals surface area contributed by atoms with E-state index < -0.39 is 6.92 Å². The number of hydrogen-bond donors (Lipinski definition) is 1. The van der Waals surface area contributed by atoms with E-state index in [2.05, 4.69) is 20.2 Å². The average Bonchev–Trinajstić information content (AvgIpc) is 1.30. The molecule has 41 valence electrons. The summed E-state index contributed by atoms with van der Waals surface area (Å²) in [7, 11) is 0. The van der Waals surface area contributed by atoms with E-state index in [0.29, 0.717) is 0 Å². The molecule has 1 atom stereocenters. The van der Waals surface area contributed by atoms with Crippen LogP contribution >= 0.6 is 6.92 Å². The van der Waals surface area contributed by atoms with Crippen LogP contribution in [0.15, 0.2) is 0 Å². The Kier molecular flexibility index (Phi) is 2.71. The van der Waals surface area contributed by atoms with Crippen molar-refractivity contribution in [1.29, 1.82) is 0 Å². The van der Waals surface area contributed by atoms with Crippen LogP contribution in [0.2, 0.25) is 6.32 Å². The van der Waals surface area contributed by atoms with Gasteiger partial charge in [0.2, 0.25) is 0 Å². The Morgan fingerprint density at radius 3 is 2.29 bits per heavy atom. The van der Waals surface area contributed by atoms with Gasteiger partial charge in [0, 0.05) is 0 Å². The Morgan fingerprint density at radius 2 is 2.29 bits per heavy atom. The molecule has 2 N–H and O–H groups in total. The Morgan fingerprint density at radius 1 is 1.86 bits per heavy atom. The molecule has 0 aliphatic carbocycles. The van der Waals surface area contributed by atoms with Crippen molar-refractivity contribution >= 4 is 20.2 Å². The second-order valence-electron chi connectivity index (χ2n) is 1.94. The van der Waals surface area contributed by atoms with Gasteiger partial charge < -0.3 is 5.50 Å². The summed E-state index contributed by atoms with van der Waals surface area (Å²) in [6.45, 7) is 4.88. The van der Waals surface area contributed by atoms with Gasteiger partial charge in [0.1, 0.15) is 0 Å². The van der Waals surface area contributed by atoms with Gasteiger partial charge in [-0.15, -0.1) is 0 Å². The molecule has 0 aliphatic rings. The van der Waals surface area contributed by atoms with Gasteiger partial charge in [0.05, 0.1) is 0 Å². The molecule has 0 aliphatic heterocycles. The molecular formula is C4H12BNP. The molecule has 0 saturated carbocycles. The lowest BCUT2D eigenvalue weighted by molar-refractivity contribution is 1.47. The van der Waals surface area contributed by atoms with Crippen LogP contribution in [0.5, 0.6) is 0 Å². The zero-order valence-electron chi connectivity index (χ0n) is 5.02. The summed E-state index contributed by atoms with van der Waals surface area (Å²) in [6, 6.07) is 0. The van der Waals surface area contributed by atoms with E-state index in [1.54, 1.807) is 0 Å². The Bertz CT molecular complexity index is 85.7. The number of rotatable bonds is 2. The van der Waals surface area contributed by atoms with Gasteiger partial charge in [-0.3, -0.25) is 0 Å². The maximum absolute atomic E-state index is 5.59. The highest BCUT2D eigenvalue weighted by Crippen LogP contribution is 2.27. The normalized spacial score (nSPS) is 18.1. The van der Waals surface area contributed by atoms with Crippen molar-refractivity contribution in [2.24, 2.45) is 5.50 Å². The van der Waals surface area contributed by atoms with Crippen molar-refractivity contribution in [2.45, 2.75) is 13.2 Å².